The third-order valence-corrected chi connectivity index (χ3v) is 14.8. The van der Waals surface area contributed by atoms with E-state index in [1.54, 1.807) is 6.07 Å². The average Bonchev–Trinajstić information content (AvgIpc) is 2.76. The maximum absolute atomic E-state index is 10.1. The van der Waals surface area contributed by atoms with E-state index < -0.39 is 5.31 Å². The molecule has 3 heteroatoms. The van der Waals surface area contributed by atoms with Crippen molar-refractivity contribution in [1.82, 2.24) is 0 Å². The van der Waals surface area contributed by atoms with Gasteiger partial charge in [0.05, 0.1) is 0 Å². The fourth-order valence-corrected chi connectivity index (χ4v) is 11.6. The number of benzene rings is 4. The van der Waals surface area contributed by atoms with E-state index in [4.69, 9.17) is 0 Å². The second-order valence-corrected chi connectivity index (χ2v) is 15.9. The van der Waals surface area contributed by atoms with E-state index in [1.165, 1.54) is 15.9 Å². The summed E-state index contributed by atoms with van der Waals surface area (Å²) in [5.74, 6) is 0.296. The quantitative estimate of drug-likeness (QED) is 0.386. The molecule has 0 heterocycles. The van der Waals surface area contributed by atoms with Crippen LogP contribution in [0.1, 0.15) is 5.56 Å². The molecular formula is C25H22BrOP. The Kier molecular flexibility index (Phi) is 5.10. The van der Waals surface area contributed by atoms with Gasteiger partial charge in [0, 0.05) is 0 Å². The molecule has 0 aliphatic carbocycles. The summed E-state index contributed by atoms with van der Waals surface area (Å²) in [6, 6.07) is 39.7. The van der Waals surface area contributed by atoms with E-state index in [2.05, 4.69) is 113 Å². The Morgan fingerprint density at radius 3 is 1.39 bits per heavy atom. The van der Waals surface area contributed by atoms with Crippen LogP contribution in [0.3, 0.4) is 0 Å². The number of phenolic OH excluding ortho intramolecular Hbond substituents is 1. The standard InChI is InChI=1S/C25H22BrOP/c26-28(23-13-4-1-5-14-23,24-15-6-2-7-16-24,25-17-8-3-9-18-25)20-21-11-10-12-22(27)19-21/h1-19,27H,20H2. The predicted molar refractivity (Wildman–Crippen MR) is 126 cm³/mol. The van der Waals surface area contributed by atoms with Crippen molar-refractivity contribution >= 4 is 36.7 Å². The van der Waals surface area contributed by atoms with Crippen LogP contribution in [0.2, 0.25) is 0 Å². The number of aromatic hydroxyl groups is 1. The van der Waals surface area contributed by atoms with E-state index in [0.29, 0.717) is 5.75 Å². The fourth-order valence-electron chi connectivity index (χ4n) is 3.94. The van der Waals surface area contributed by atoms with Gasteiger partial charge in [0.2, 0.25) is 0 Å². The first-order valence-electron chi connectivity index (χ1n) is 9.29. The van der Waals surface area contributed by atoms with Crippen LogP contribution in [0.15, 0.2) is 115 Å². The molecule has 0 aliphatic heterocycles. The van der Waals surface area contributed by atoms with Crippen LogP contribution in [0.4, 0.5) is 0 Å². The molecule has 0 saturated heterocycles. The van der Waals surface area contributed by atoms with Gasteiger partial charge in [-0.05, 0) is 0 Å². The third-order valence-electron chi connectivity index (χ3n) is 5.27. The average molecular weight is 449 g/mol. The zero-order valence-corrected chi connectivity index (χ0v) is 17.9. The Hall–Kier alpha value is -2.41. The molecular weight excluding hydrogens is 427 g/mol. The molecule has 140 valence electrons. The zero-order valence-electron chi connectivity index (χ0n) is 15.4. The number of halogens is 1. The van der Waals surface area contributed by atoms with Crippen LogP contribution in [-0.4, -0.2) is 5.11 Å². The summed E-state index contributed by atoms with van der Waals surface area (Å²) < 4.78 is 0. The van der Waals surface area contributed by atoms with Gasteiger partial charge >= 0.3 is 175 Å². The second-order valence-electron chi connectivity index (χ2n) is 7.02. The molecule has 28 heavy (non-hydrogen) atoms. The summed E-state index contributed by atoms with van der Waals surface area (Å²) in [7, 11) is 0. The number of phenols is 1. The molecule has 0 spiro atoms. The van der Waals surface area contributed by atoms with Gasteiger partial charge in [-0.25, -0.2) is 0 Å². The van der Waals surface area contributed by atoms with E-state index in [9.17, 15) is 5.11 Å². The summed E-state index contributed by atoms with van der Waals surface area (Å²) in [6.07, 6.45) is 0.776. The molecule has 0 unspecified atom stereocenters. The van der Waals surface area contributed by atoms with Crippen LogP contribution in [0.25, 0.3) is 0 Å². The van der Waals surface area contributed by atoms with Gasteiger partial charge < -0.3 is 0 Å². The zero-order chi connectivity index (χ0) is 19.5. The first-order chi connectivity index (χ1) is 13.6. The van der Waals surface area contributed by atoms with Crippen molar-refractivity contribution in [2.45, 2.75) is 6.16 Å². The first kappa shape index (κ1) is 18.9. The van der Waals surface area contributed by atoms with Gasteiger partial charge in [-0.15, -0.1) is 0 Å². The van der Waals surface area contributed by atoms with Crippen LogP contribution in [0.5, 0.6) is 5.75 Å². The minimum atomic E-state index is -3.00. The summed E-state index contributed by atoms with van der Waals surface area (Å²) in [5.41, 5.74) is 1.10. The molecule has 0 amide bonds. The van der Waals surface area contributed by atoms with Gasteiger partial charge in [0.1, 0.15) is 0 Å². The fraction of sp³-hybridized carbons (Fsp3) is 0.0400. The number of hydrogen-bond donors (Lipinski definition) is 1. The third kappa shape index (κ3) is 3.17. The summed E-state index contributed by atoms with van der Waals surface area (Å²) >= 11 is 4.43. The molecule has 0 atom stereocenters. The van der Waals surface area contributed by atoms with Crippen LogP contribution in [-0.2, 0) is 6.16 Å². The molecule has 0 saturated carbocycles. The van der Waals surface area contributed by atoms with Crippen LogP contribution < -0.4 is 15.9 Å². The van der Waals surface area contributed by atoms with Crippen molar-refractivity contribution in [3.05, 3.63) is 121 Å². The van der Waals surface area contributed by atoms with Gasteiger partial charge in [0.15, 0.2) is 0 Å². The summed E-state index contributed by atoms with van der Waals surface area (Å²) in [4.78, 5) is 0. The molecule has 4 aromatic rings. The monoisotopic (exact) mass is 448 g/mol. The van der Waals surface area contributed by atoms with Gasteiger partial charge in [0.25, 0.3) is 0 Å². The van der Waals surface area contributed by atoms with Gasteiger partial charge in [-0.1, -0.05) is 0 Å². The van der Waals surface area contributed by atoms with Gasteiger partial charge in [-0.2, -0.15) is 0 Å². The van der Waals surface area contributed by atoms with Crippen molar-refractivity contribution in [2.75, 3.05) is 0 Å². The Balaban J connectivity index is 2.09. The van der Waals surface area contributed by atoms with E-state index >= 15 is 0 Å². The molecule has 4 rings (SSSR count). The van der Waals surface area contributed by atoms with E-state index in [-0.39, 0.29) is 0 Å². The maximum atomic E-state index is 10.1. The van der Waals surface area contributed by atoms with Crippen molar-refractivity contribution in [1.29, 1.82) is 0 Å². The Morgan fingerprint density at radius 2 is 1.00 bits per heavy atom. The van der Waals surface area contributed by atoms with E-state index in [0.717, 1.165) is 11.7 Å². The van der Waals surface area contributed by atoms with Crippen molar-refractivity contribution in [3.8, 4) is 5.75 Å². The number of hydrogen-bond acceptors (Lipinski definition) is 1. The summed E-state index contributed by atoms with van der Waals surface area (Å²) in [6.45, 7) is 0. The molecule has 0 bridgehead atoms. The van der Waals surface area contributed by atoms with Crippen molar-refractivity contribution in [2.24, 2.45) is 0 Å². The van der Waals surface area contributed by atoms with Crippen molar-refractivity contribution in [3.63, 3.8) is 0 Å². The normalized spacial score (nSPS) is 12.8. The molecule has 1 N–H and O–H groups in total. The first-order valence-corrected chi connectivity index (χ1v) is 13.7. The van der Waals surface area contributed by atoms with E-state index in [1.807, 2.05) is 12.1 Å². The predicted octanol–water partition coefficient (Wildman–Crippen LogP) is 5.73. The molecule has 1 nitrogen and oxygen atoms in total. The summed E-state index contributed by atoms with van der Waals surface area (Å²) in [5, 5.41) is 10.9. The molecule has 4 aromatic carbocycles. The topological polar surface area (TPSA) is 20.2 Å². The SMILES string of the molecule is Oc1cccc(CP(Br)(c2ccccc2)(c2ccccc2)c2ccccc2)c1. The second kappa shape index (κ2) is 7.54. The van der Waals surface area contributed by atoms with Gasteiger partial charge in [-0.3, -0.25) is 0 Å². The Bertz CT molecular complexity index is 966. The van der Waals surface area contributed by atoms with Crippen molar-refractivity contribution < 1.29 is 5.11 Å². The van der Waals surface area contributed by atoms with Crippen LogP contribution in [0, 0.1) is 0 Å². The number of rotatable bonds is 5. The Labute approximate surface area is 174 Å². The van der Waals surface area contributed by atoms with Crippen LogP contribution >= 0.6 is 20.8 Å². The molecule has 0 fully saturated rings. The Morgan fingerprint density at radius 1 is 0.571 bits per heavy atom. The molecule has 0 radical (unpaired) electrons. The minimum absolute atomic E-state index is 0.296. The molecule has 0 aliphatic rings. The molecule has 0 aromatic heterocycles.